The van der Waals surface area contributed by atoms with Crippen molar-refractivity contribution in [3.63, 3.8) is 0 Å². The fraction of sp³-hybridized carbons (Fsp3) is 0.500. The molecule has 2 nitrogen and oxygen atoms in total. The molecule has 0 aromatic heterocycles. The predicted octanol–water partition coefficient (Wildman–Crippen LogP) is 3.13. The highest BCUT2D eigenvalue weighted by molar-refractivity contribution is 9.10. The average Bonchev–Trinajstić information content (AvgIpc) is 2.29. The molecule has 0 radical (unpaired) electrons. The van der Waals surface area contributed by atoms with E-state index >= 15 is 0 Å². The van der Waals surface area contributed by atoms with Gasteiger partial charge in [0, 0.05) is 36.3 Å². The molecule has 0 unspecified atom stereocenters. The van der Waals surface area contributed by atoms with Crippen molar-refractivity contribution >= 4 is 21.6 Å². The number of rotatable bonds is 2. The Balaban J connectivity index is 1.88. The predicted molar refractivity (Wildman–Crippen MR) is 68.9 cm³/mol. The van der Waals surface area contributed by atoms with Crippen LogP contribution in [0, 0.1) is 0 Å². The standard InChI is InChI=1S/C12H14BrF3N2/c13-10-1-3-11(4-2-10)18-7-5-17(6-8-18)9-12(14,15)16/h1-4H,5-9H2. The van der Waals surface area contributed by atoms with Crippen LogP contribution in [0.5, 0.6) is 0 Å². The van der Waals surface area contributed by atoms with Crippen LogP contribution in [0.1, 0.15) is 0 Å². The Bertz CT molecular complexity index is 383. The summed E-state index contributed by atoms with van der Waals surface area (Å²) in [6.45, 7) is 1.38. The van der Waals surface area contributed by atoms with Gasteiger partial charge in [0.05, 0.1) is 6.54 Å². The van der Waals surface area contributed by atoms with Crippen molar-refractivity contribution < 1.29 is 13.2 Å². The van der Waals surface area contributed by atoms with Gasteiger partial charge in [-0.05, 0) is 24.3 Å². The van der Waals surface area contributed by atoms with E-state index in [1.54, 1.807) is 0 Å². The van der Waals surface area contributed by atoms with Crippen molar-refractivity contribution in [1.29, 1.82) is 0 Å². The van der Waals surface area contributed by atoms with Gasteiger partial charge in [-0.25, -0.2) is 0 Å². The second-order valence-electron chi connectivity index (χ2n) is 4.35. The summed E-state index contributed by atoms with van der Waals surface area (Å²) in [5.74, 6) is 0. The molecule has 1 aliphatic rings. The minimum absolute atomic E-state index is 0.454. The maximum Gasteiger partial charge on any atom is 0.401 e. The Hall–Kier alpha value is -0.750. The highest BCUT2D eigenvalue weighted by Crippen LogP contribution is 2.21. The summed E-state index contributed by atoms with van der Waals surface area (Å²) in [6.07, 6.45) is -4.10. The van der Waals surface area contributed by atoms with E-state index in [0.29, 0.717) is 26.2 Å². The molecule has 0 saturated carbocycles. The SMILES string of the molecule is FC(F)(F)CN1CCN(c2ccc(Br)cc2)CC1. The first kappa shape index (κ1) is 13.7. The lowest BCUT2D eigenvalue weighted by Gasteiger charge is -2.36. The van der Waals surface area contributed by atoms with E-state index in [-0.39, 0.29) is 0 Å². The fourth-order valence-electron chi connectivity index (χ4n) is 2.07. The van der Waals surface area contributed by atoms with Crippen LogP contribution in [0.15, 0.2) is 28.7 Å². The summed E-state index contributed by atoms with van der Waals surface area (Å²) in [5.41, 5.74) is 1.06. The smallest absolute Gasteiger partial charge is 0.369 e. The largest absolute Gasteiger partial charge is 0.401 e. The molecule has 1 saturated heterocycles. The number of piperazine rings is 1. The Morgan fingerprint density at radius 3 is 2.06 bits per heavy atom. The summed E-state index contributed by atoms with van der Waals surface area (Å²) >= 11 is 3.36. The van der Waals surface area contributed by atoms with E-state index in [1.807, 2.05) is 24.3 Å². The maximum atomic E-state index is 12.2. The van der Waals surface area contributed by atoms with Crippen molar-refractivity contribution in [1.82, 2.24) is 4.90 Å². The van der Waals surface area contributed by atoms with E-state index in [1.165, 1.54) is 4.90 Å². The van der Waals surface area contributed by atoms with Crippen LogP contribution in [0.4, 0.5) is 18.9 Å². The van der Waals surface area contributed by atoms with Crippen LogP contribution in [-0.2, 0) is 0 Å². The summed E-state index contributed by atoms with van der Waals surface area (Å²) in [5, 5.41) is 0. The second-order valence-corrected chi connectivity index (χ2v) is 5.27. The van der Waals surface area contributed by atoms with Crippen LogP contribution in [0.3, 0.4) is 0 Å². The van der Waals surface area contributed by atoms with E-state index in [9.17, 15) is 13.2 Å². The summed E-state index contributed by atoms with van der Waals surface area (Å²) < 4.78 is 37.7. The van der Waals surface area contributed by atoms with Gasteiger partial charge in [0.2, 0.25) is 0 Å². The molecule has 0 amide bonds. The van der Waals surface area contributed by atoms with E-state index in [2.05, 4.69) is 20.8 Å². The molecule has 1 fully saturated rings. The molecule has 0 aliphatic carbocycles. The molecule has 6 heteroatoms. The third kappa shape index (κ3) is 3.88. The molecule has 0 N–H and O–H groups in total. The number of hydrogen-bond donors (Lipinski definition) is 0. The van der Waals surface area contributed by atoms with Gasteiger partial charge in [-0.15, -0.1) is 0 Å². The molecule has 100 valence electrons. The van der Waals surface area contributed by atoms with Crippen molar-refractivity contribution in [3.8, 4) is 0 Å². The van der Waals surface area contributed by atoms with Gasteiger partial charge >= 0.3 is 6.18 Å². The van der Waals surface area contributed by atoms with Crippen molar-refractivity contribution in [2.45, 2.75) is 6.18 Å². The first-order chi connectivity index (χ1) is 8.44. The molecular weight excluding hydrogens is 309 g/mol. The molecule has 1 heterocycles. The van der Waals surface area contributed by atoms with Crippen LogP contribution >= 0.6 is 15.9 Å². The minimum atomic E-state index is -4.10. The van der Waals surface area contributed by atoms with Crippen LogP contribution in [0.2, 0.25) is 0 Å². The van der Waals surface area contributed by atoms with Crippen molar-refractivity contribution in [3.05, 3.63) is 28.7 Å². The lowest BCUT2D eigenvalue weighted by molar-refractivity contribution is -0.146. The monoisotopic (exact) mass is 322 g/mol. The molecule has 18 heavy (non-hydrogen) atoms. The van der Waals surface area contributed by atoms with Gasteiger partial charge in [-0.3, -0.25) is 4.90 Å². The number of anilines is 1. The Morgan fingerprint density at radius 1 is 1.00 bits per heavy atom. The number of alkyl halides is 3. The molecular formula is C12H14BrF3N2. The zero-order chi connectivity index (χ0) is 13.2. The van der Waals surface area contributed by atoms with E-state index in [0.717, 1.165) is 10.2 Å². The summed E-state index contributed by atoms with van der Waals surface area (Å²) in [7, 11) is 0. The second kappa shape index (κ2) is 5.48. The molecule has 1 aliphatic heterocycles. The summed E-state index contributed by atoms with van der Waals surface area (Å²) in [4.78, 5) is 3.56. The fourth-order valence-corrected chi connectivity index (χ4v) is 2.33. The Kier molecular flexibility index (Phi) is 4.17. The van der Waals surface area contributed by atoms with Gasteiger partial charge in [-0.1, -0.05) is 15.9 Å². The van der Waals surface area contributed by atoms with E-state index < -0.39 is 12.7 Å². The van der Waals surface area contributed by atoms with Crippen LogP contribution in [-0.4, -0.2) is 43.8 Å². The van der Waals surface area contributed by atoms with Crippen molar-refractivity contribution in [2.75, 3.05) is 37.6 Å². The zero-order valence-corrected chi connectivity index (χ0v) is 11.3. The van der Waals surface area contributed by atoms with Crippen LogP contribution in [0.25, 0.3) is 0 Å². The van der Waals surface area contributed by atoms with Gasteiger partial charge in [0.15, 0.2) is 0 Å². The van der Waals surface area contributed by atoms with Gasteiger partial charge in [0.25, 0.3) is 0 Å². The molecule has 2 rings (SSSR count). The highest BCUT2D eigenvalue weighted by Gasteiger charge is 2.32. The first-order valence-corrected chi connectivity index (χ1v) is 6.53. The Labute approximate surface area is 112 Å². The number of benzene rings is 1. The quantitative estimate of drug-likeness (QED) is 0.825. The first-order valence-electron chi connectivity index (χ1n) is 5.74. The lowest BCUT2D eigenvalue weighted by Crippen LogP contribution is -2.49. The minimum Gasteiger partial charge on any atom is -0.369 e. The average molecular weight is 323 g/mol. The lowest BCUT2D eigenvalue weighted by atomic mass is 10.2. The number of nitrogens with zero attached hydrogens (tertiary/aromatic N) is 2. The Morgan fingerprint density at radius 2 is 1.56 bits per heavy atom. The molecule has 1 aromatic carbocycles. The number of halogens is 4. The highest BCUT2D eigenvalue weighted by atomic mass is 79.9. The van der Waals surface area contributed by atoms with Gasteiger partial charge in [0.1, 0.15) is 0 Å². The van der Waals surface area contributed by atoms with Gasteiger partial charge in [-0.2, -0.15) is 13.2 Å². The maximum absolute atomic E-state index is 12.2. The third-order valence-electron chi connectivity index (χ3n) is 2.97. The third-order valence-corrected chi connectivity index (χ3v) is 3.50. The zero-order valence-electron chi connectivity index (χ0n) is 9.75. The molecule has 0 bridgehead atoms. The topological polar surface area (TPSA) is 6.48 Å². The van der Waals surface area contributed by atoms with Crippen molar-refractivity contribution in [2.24, 2.45) is 0 Å². The number of hydrogen-bond acceptors (Lipinski definition) is 2. The molecule has 0 atom stereocenters. The normalized spacial score (nSPS) is 18.1. The van der Waals surface area contributed by atoms with E-state index in [4.69, 9.17) is 0 Å². The molecule has 0 spiro atoms. The molecule has 1 aromatic rings. The van der Waals surface area contributed by atoms with Crippen LogP contribution < -0.4 is 4.90 Å². The van der Waals surface area contributed by atoms with Gasteiger partial charge < -0.3 is 4.90 Å². The summed E-state index contributed by atoms with van der Waals surface area (Å²) in [6, 6.07) is 7.84.